The number of piperidine rings is 2. The van der Waals surface area contributed by atoms with Crippen LogP contribution in [0.4, 0.5) is 5.69 Å². The van der Waals surface area contributed by atoms with Gasteiger partial charge in [-0.15, -0.1) is 0 Å². The number of rotatable bonds is 18. The normalized spacial score (nSPS) is 18.8. The number of benzene rings is 3. The number of imide groups is 2. The summed E-state index contributed by atoms with van der Waals surface area (Å²) in [5.74, 6) is -1.85. The van der Waals surface area contributed by atoms with Gasteiger partial charge in [-0.1, -0.05) is 43.5 Å². The first-order valence-electron chi connectivity index (χ1n) is 21.6. The van der Waals surface area contributed by atoms with Gasteiger partial charge < -0.3 is 24.6 Å². The number of carbonyl (C=O) groups is 6. The Labute approximate surface area is 362 Å². The average molecular weight is 870 g/mol. The highest BCUT2D eigenvalue weighted by atomic mass is 32.2. The maximum atomic E-state index is 14.0. The van der Waals surface area contributed by atoms with Gasteiger partial charge in [-0.3, -0.25) is 39.0 Å². The second-order valence-electron chi connectivity index (χ2n) is 16.6. The molecule has 0 radical (unpaired) electrons. The Morgan fingerprint density at radius 3 is 2.32 bits per heavy atom. The average Bonchev–Trinajstić information content (AvgIpc) is 3.71. The minimum Gasteiger partial charge on any atom is -0.493 e. The van der Waals surface area contributed by atoms with Gasteiger partial charge in [0.1, 0.15) is 15.9 Å². The summed E-state index contributed by atoms with van der Waals surface area (Å²) in [4.78, 5) is 83.5. The van der Waals surface area contributed by atoms with E-state index in [4.69, 9.17) is 9.47 Å². The molecule has 7 rings (SSSR count). The molecule has 4 aliphatic heterocycles. The van der Waals surface area contributed by atoms with Crippen LogP contribution in [0.1, 0.15) is 131 Å². The van der Waals surface area contributed by atoms with Crippen molar-refractivity contribution in [2.24, 2.45) is 0 Å². The second-order valence-corrected chi connectivity index (χ2v) is 18.8. The van der Waals surface area contributed by atoms with Gasteiger partial charge >= 0.3 is 0 Å². The molecule has 0 aromatic heterocycles. The van der Waals surface area contributed by atoms with E-state index in [-0.39, 0.29) is 47.4 Å². The number of nitrogens with zero attached hydrogens (tertiary/aromatic N) is 3. The summed E-state index contributed by atoms with van der Waals surface area (Å²) in [5.41, 5.74) is 3.58. The predicted octanol–water partition coefficient (Wildman–Crippen LogP) is 5.40. The highest BCUT2D eigenvalue weighted by molar-refractivity contribution is 7.90. The Bertz CT molecular complexity index is 2360. The molecule has 2 N–H and O–H groups in total. The van der Waals surface area contributed by atoms with E-state index in [0.29, 0.717) is 54.5 Å². The lowest BCUT2D eigenvalue weighted by molar-refractivity contribution is -0.137. The molecule has 0 aliphatic carbocycles. The molecule has 15 nitrogen and oxygen atoms in total. The number of nitrogens with one attached hydrogen (secondary N) is 2. The van der Waals surface area contributed by atoms with Gasteiger partial charge in [0.25, 0.3) is 17.7 Å². The lowest BCUT2D eigenvalue weighted by atomic mass is 9.85. The summed E-state index contributed by atoms with van der Waals surface area (Å²) >= 11 is 0. The van der Waals surface area contributed by atoms with Crippen molar-refractivity contribution in [3.8, 4) is 11.5 Å². The fourth-order valence-electron chi connectivity index (χ4n) is 9.29. The molecule has 2 saturated heterocycles. The SMILES string of the molecule is CCOc1cc([C@@H](CS(C)(=O)=O)N2C(=O)c3cccc(NC(=O)CCCCCCCN4CCC(c5cccc6c5CN(C5CCC(=O)NC5=O)C6=O)CC4)c3C2=O)ccc1OC. The van der Waals surface area contributed by atoms with Crippen LogP contribution in [-0.2, 0) is 30.8 Å². The molecule has 62 heavy (non-hydrogen) atoms. The zero-order valence-corrected chi connectivity index (χ0v) is 36.4. The van der Waals surface area contributed by atoms with Gasteiger partial charge in [-0.2, -0.15) is 0 Å². The summed E-state index contributed by atoms with van der Waals surface area (Å²) < 4.78 is 36.3. The molecular weight excluding hydrogens is 815 g/mol. The second kappa shape index (κ2) is 19.2. The van der Waals surface area contributed by atoms with Crippen molar-refractivity contribution in [2.75, 3.05) is 50.7 Å². The van der Waals surface area contributed by atoms with Crippen LogP contribution in [0, 0.1) is 0 Å². The van der Waals surface area contributed by atoms with E-state index in [2.05, 4.69) is 21.6 Å². The van der Waals surface area contributed by atoms with Gasteiger partial charge in [-0.25, -0.2) is 8.42 Å². The monoisotopic (exact) mass is 869 g/mol. The van der Waals surface area contributed by atoms with Crippen molar-refractivity contribution < 1.29 is 46.7 Å². The van der Waals surface area contributed by atoms with E-state index in [1.54, 1.807) is 42.2 Å². The number of sulfone groups is 1. The van der Waals surface area contributed by atoms with E-state index in [0.717, 1.165) is 74.9 Å². The minimum absolute atomic E-state index is 0.0335. The van der Waals surface area contributed by atoms with Crippen LogP contribution in [0.25, 0.3) is 0 Å². The van der Waals surface area contributed by atoms with Crippen molar-refractivity contribution in [2.45, 2.75) is 95.7 Å². The van der Waals surface area contributed by atoms with E-state index < -0.39 is 45.4 Å². The Morgan fingerprint density at radius 1 is 0.871 bits per heavy atom. The molecule has 16 heteroatoms. The smallest absolute Gasteiger partial charge is 0.264 e. The molecule has 6 amide bonds. The molecule has 2 fully saturated rings. The number of fused-ring (bicyclic) bond motifs is 2. The van der Waals surface area contributed by atoms with Crippen LogP contribution in [-0.4, -0.2) is 110 Å². The van der Waals surface area contributed by atoms with E-state index in [9.17, 15) is 37.2 Å². The number of hydrogen-bond acceptors (Lipinski definition) is 11. The van der Waals surface area contributed by atoms with Crippen LogP contribution in [0.15, 0.2) is 54.6 Å². The number of unbranched alkanes of at least 4 members (excludes halogenated alkanes) is 4. The van der Waals surface area contributed by atoms with E-state index in [1.807, 2.05) is 12.1 Å². The number of methoxy groups -OCH3 is 1. The van der Waals surface area contributed by atoms with E-state index >= 15 is 0 Å². The first-order chi connectivity index (χ1) is 29.8. The van der Waals surface area contributed by atoms with Crippen LogP contribution in [0.5, 0.6) is 11.5 Å². The maximum absolute atomic E-state index is 14.0. The standard InChI is InChI=1S/C46H55N5O10S/c1-4-61-39-26-30(17-19-38(39)60-2)37(28-62(3,58)59)51-45(56)33-14-11-15-35(42(33)46(51)57)47-40(52)16-8-6-5-7-9-23-49-24-21-29(22-25-49)31-12-10-13-32-34(31)27-50(44(32)55)36-18-20-41(53)48-43(36)54/h10-15,17,19,26,29,36-37H,4-9,16,18,20-25,27-28H2,1-3H3,(H,47,52)(H,48,53,54)/t36?,37-/m1/s1. The fraction of sp³-hybridized carbons (Fsp3) is 0.478. The number of amides is 6. The van der Waals surface area contributed by atoms with Crippen LogP contribution in [0.2, 0.25) is 0 Å². The first-order valence-corrected chi connectivity index (χ1v) is 23.6. The molecule has 4 heterocycles. The third kappa shape index (κ3) is 9.71. The van der Waals surface area contributed by atoms with Crippen molar-refractivity contribution in [3.63, 3.8) is 0 Å². The van der Waals surface area contributed by atoms with Crippen LogP contribution in [0.3, 0.4) is 0 Å². The Morgan fingerprint density at radius 2 is 1.60 bits per heavy atom. The van der Waals surface area contributed by atoms with Crippen molar-refractivity contribution in [1.82, 2.24) is 20.0 Å². The Hall–Kier alpha value is -5.61. The van der Waals surface area contributed by atoms with Crippen molar-refractivity contribution in [1.29, 1.82) is 0 Å². The fourth-order valence-corrected chi connectivity index (χ4v) is 10.2. The highest BCUT2D eigenvalue weighted by Crippen LogP contribution is 2.40. The van der Waals surface area contributed by atoms with Gasteiger partial charge in [-0.05, 0) is 112 Å². The molecule has 1 unspecified atom stereocenters. The number of anilines is 1. The molecule has 0 saturated carbocycles. The lowest BCUT2D eigenvalue weighted by Crippen LogP contribution is -2.52. The Balaban J connectivity index is 0.854. The molecule has 3 aromatic carbocycles. The predicted molar refractivity (Wildman–Crippen MR) is 231 cm³/mol. The summed E-state index contributed by atoms with van der Waals surface area (Å²) in [7, 11) is -2.20. The quantitative estimate of drug-likeness (QED) is 0.123. The van der Waals surface area contributed by atoms with Crippen molar-refractivity contribution in [3.05, 3.63) is 88.0 Å². The third-order valence-electron chi connectivity index (χ3n) is 12.4. The van der Waals surface area contributed by atoms with Gasteiger partial charge in [0.05, 0.1) is 42.3 Å². The van der Waals surface area contributed by atoms with Crippen LogP contribution < -0.4 is 20.1 Å². The van der Waals surface area contributed by atoms with Gasteiger partial charge in [0.2, 0.25) is 17.7 Å². The minimum atomic E-state index is -3.67. The maximum Gasteiger partial charge on any atom is 0.264 e. The molecular formula is C46H55N5O10S. The number of ether oxygens (including phenoxy) is 2. The summed E-state index contributed by atoms with van der Waals surface area (Å²) in [6.07, 6.45) is 8.40. The zero-order valence-electron chi connectivity index (χ0n) is 35.6. The van der Waals surface area contributed by atoms with Gasteiger partial charge in [0.15, 0.2) is 11.5 Å². The number of likely N-dealkylation sites (tertiary alicyclic amines) is 1. The zero-order chi connectivity index (χ0) is 44.1. The summed E-state index contributed by atoms with van der Waals surface area (Å²) in [6.45, 7) is 5.41. The third-order valence-corrected chi connectivity index (χ3v) is 13.3. The molecule has 2 atom stereocenters. The van der Waals surface area contributed by atoms with Crippen LogP contribution >= 0.6 is 0 Å². The molecule has 0 spiro atoms. The topological polar surface area (TPSA) is 189 Å². The number of carbonyl (C=O) groups excluding carboxylic acids is 6. The van der Waals surface area contributed by atoms with Crippen molar-refractivity contribution >= 4 is 51.0 Å². The van der Waals surface area contributed by atoms with E-state index in [1.165, 1.54) is 18.7 Å². The summed E-state index contributed by atoms with van der Waals surface area (Å²) in [6, 6.07) is 13.6. The largest absolute Gasteiger partial charge is 0.493 e. The first kappa shape index (κ1) is 44.4. The summed E-state index contributed by atoms with van der Waals surface area (Å²) in [5, 5.41) is 5.21. The lowest BCUT2D eigenvalue weighted by Gasteiger charge is -2.33. The molecule has 3 aromatic rings. The molecule has 0 bridgehead atoms. The highest BCUT2D eigenvalue weighted by Gasteiger charge is 2.44. The van der Waals surface area contributed by atoms with Gasteiger partial charge in [0, 0.05) is 31.2 Å². The molecule has 4 aliphatic rings. The molecule has 330 valence electrons. The number of hydrogen-bond donors (Lipinski definition) is 2. The Kier molecular flexibility index (Phi) is 13.8.